The number of hydrogen-bond acceptors (Lipinski definition) is 4. The van der Waals surface area contributed by atoms with Crippen LogP contribution < -0.4 is 5.73 Å². The molecule has 1 heterocycles. The summed E-state index contributed by atoms with van der Waals surface area (Å²) < 4.78 is 14.6. The van der Waals surface area contributed by atoms with Gasteiger partial charge in [0.15, 0.2) is 5.82 Å². The van der Waals surface area contributed by atoms with Crippen LogP contribution in [-0.4, -0.2) is 20.2 Å². The molecule has 0 saturated carbocycles. The summed E-state index contributed by atoms with van der Waals surface area (Å²) in [5, 5.41) is 12.1. The molecular formula is C13H9ClFN5. The van der Waals surface area contributed by atoms with Gasteiger partial charge in [0.05, 0.1) is 5.69 Å². The van der Waals surface area contributed by atoms with Gasteiger partial charge >= 0.3 is 0 Å². The molecule has 0 fully saturated rings. The predicted molar refractivity (Wildman–Crippen MR) is 74.0 cm³/mol. The fourth-order valence-electron chi connectivity index (χ4n) is 1.85. The van der Waals surface area contributed by atoms with Gasteiger partial charge < -0.3 is 5.73 Å². The second-order valence-corrected chi connectivity index (χ2v) is 4.56. The first kappa shape index (κ1) is 12.6. The van der Waals surface area contributed by atoms with Crippen molar-refractivity contribution in [2.45, 2.75) is 0 Å². The topological polar surface area (TPSA) is 69.6 Å². The molecule has 5 nitrogen and oxygen atoms in total. The highest BCUT2D eigenvalue weighted by molar-refractivity contribution is 6.30. The molecule has 2 aromatic carbocycles. The smallest absolute Gasteiger partial charge is 0.189 e. The van der Waals surface area contributed by atoms with E-state index in [1.165, 1.54) is 16.8 Å². The number of nitrogens with two attached hydrogens (primary N) is 1. The van der Waals surface area contributed by atoms with Crippen LogP contribution in [-0.2, 0) is 0 Å². The standard InChI is InChI=1S/C13H9ClFN5/c14-8-1-4-10(5-2-8)20-13(17-18-19-20)11-6-3-9(15)7-12(11)16/h1-7H,16H2. The Morgan fingerprint density at radius 1 is 1.10 bits per heavy atom. The average Bonchev–Trinajstić information content (AvgIpc) is 2.88. The normalized spacial score (nSPS) is 10.7. The quantitative estimate of drug-likeness (QED) is 0.736. The number of nitrogen functional groups attached to an aromatic ring is 1. The van der Waals surface area contributed by atoms with Gasteiger partial charge in [-0.2, -0.15) is 4.68 Å². The lowest BCUT2D eigenvalue weighted by atomic mass is 10.1. The number of benzene rings is 2. The highest BCUT2D eigenvalue weighted by atomic mass is 35.5. The zero-order valence-electron chi connectivity index (χ0n) is 10.2. The maximum Gasteiger partial charge on any atom is 0.189 e. The molecule has 0 amide bonds. The van der Waals surface area contributed by atoms with E-state index in [2.05, 4.69) is 15.5 Å². The van der Waals surface area contributed by atoms with Crippen LogP contribution in [0.1, 0.15) is 0 Å². The van der Waals surface area contributed by atoms with E-state index in [9.17, 15) is 4.39 Å². The highest BCUT2D eigenvalue weighted by Gasteiger charge is 2.13. The lowest BCUT2D eigenvalue weighted by Crippen LogP contribution is -2.01. The Balaban J connectivity index is 2.12. The summed E-state index contributed by atoms with van der Waals surface area (Å²) in [4.78, 5) is 0. The minimum Gasteiger partial charge on any atom is -0.398 e. The van der Waals surface area contributed by atoms with Crippen molar-refractivity contribution in [2.24, 2.45) is 0 Å². The van der Waals surface area contributed by atoms with Crippen LogP contribution in [0, 0.1) is 5.82 Å². The first-order valence-electron chi connectivity index (χ1n) is 5.75. The van der Waals surface area contributed by atoms with E-state index < -0.39 is 5.82 Å². The van der Waals surface area contributed by atoms with E-state index >= 15 is 0 Å². The molecule has 0 atom stereocenters. The molecule has 0 aliphatic carbocycles. The zero-order valence-corrected chi connectivity index (χ0v) is 10.9. The van der Waals surface area contributed by atoms with Crippen LogP contribution in [0.5, 0.6) is 0 Å². The van der Waals surface area contributed by atoms with E-state index in [1.54, 1.807) is 30.3 Å². The van der Waals surface area contributed by atoms with E-state index in [0.29, 0.717) is 16.4 Å². The molecule has 0 aliphatic rings. The van der Waals surface area contributed by atoms with Gasteiger partial charge in [0.25, 0.3) is 0 Å². The summed E-state index contributed by atoms with van der Waals surface area (Å²) >= 11 is 5.85. The van der Waals surface area contributed by atoms with Crippen LogP contribution >= 0.6 is 11.6 Å². The second kappa shape index (κ2) is 4.90. The minimum atomic E-state index is -0.406. The molecule has 0 bridgehead atoms. The average molecular weight is 290 g/mol. The Kier molecular flexibility index (Phi) is 3.08. The summed E-state index contributed by atoms with van der Waals surface area (Å²) in [6, 6.07) is 11.1. The summed E-state index contributed by atoms with van der Waals surface area (Å²) in [6.07, 6.45) is 0. The number of nitrogens with zero attached hydrogens (tertiary/aromatic N) is 4. The molecule has 0 spiro atoms. The number of rotatable bonds is 2. The van der Waals surface area contributed by atoms with Crippen molar-refractivity contribution in [1.82, 2.24) is 20.2 Å². The molecular weight excluding hydrogens is 281 g/mol. The predicted octanol–water partition coefficient (Wildman–Crippen LogP) is 2.70. The SMILES string of the molecule is Nc1cc(F)ccc1-c1nnnn1-c1ccc(Cl)cc1. The van der Waals surface area contributed by atoms with Gasteiger partial charge in [0.1, 0.15) is 5.82 Å². The van der Waals surface area contributed by atoms with Crippen LogP contribution in [0.15, 0.2) is 42.5 Å². The van der Waals surface area contributed by atoms with Crippen molar-refractivity contribution < 1.29 is 4.39 Å². The highest BCUT2D eigenvalue weighted by Crippen LogP contribution is 2.26. The molecule has 1 aromatic heterocycles. The van der Waals surface area contributed by atoms with Gasteiger partial charge in [-0.1, -0.05) is 11.6 Å². The molecule has 20 heavy (non-hydrogen) atoms. The van der Waals surface area contributed by atoms with Gasteiger partial charge in [-0.15, -0.1) is 5.10 Å². The van der Waals surface area contributed by atoms with Crippen molar-refractivity contribution in [3.63, 3.8) is 0 Å². The Labute approximate surface area is 118 Å². The van der Waals surface area contributed by atoms with Crippen LogP contribution in [0.2, 0.25) is 5.02 Å². The van der Waals surface area contributed by atoms with E-state index in [0.717, 1.165) is 5.69 Å². The number of halogens is 2. The van der Waals surface area contributed by atoms with E-state index in [-0.39, 0.29) is 5.69 Å². The van der Waals surface area contributed by atoms with Crippen molar-refractivity contribution >= 4 is 17.3 Å². The van der Waals surface area contributed by atoms with Gasteiger partial charge in [-0.25, -0.2) is 4.39 Å². The molecule has 0 aliphatic heterocycles. The van der Waals surface area contributed by atoms with E-state index in [1.807, 2.05) is 0 Å². The third-order valence-electron chi connectivity index (χ3n) is 2.80. The minimum absolute atomic E-state index is 0.273. The number of tetrazole rings is 1. The molecule has 7 heteroatoms. The molecule has 3 rings (SSSR count). The summed E-state index contributed by atoms with van der Waals surface area (Å²) in [7, 11) is 0. The Hall–Kier alpha value is -2.47. The van der Waals surface area contributed by atoms with Crippen molar-refractivity contribution in [1.29, 1.82) is 0 Å². The van der Waals surface area contributed by atoms with E-state index in [4.69, 9.17) is 17.3 Å². The maximum atomic E-state index is 13.1. The van der Waals surface area contributed by atoms with Crippen molar-refractivity contribution in [2.75, 3.05) is 5.73 Å². The molecule has 3 aromatic rings. The van der Waals surface area contributed by atoms with Gasteiger partial charge in [-0.3, -0.25) is 0 Å². The summed E-state index contributed by atoms with van der Waals surface area (Å²) in [5.74, 6) is 0.0292. The Morgan fingerprint density at radius 3 is 2.55 bits per heavy atom. The third kappa shape index (κ3) is 2.21. The fourth-order valence-corrected chi connectivity index (χ4v) is 1.97. The van der Waals surface area contributed by atoms with Gasteiger partial charge in [-0.05, 0) is 52.9 Å². The fraction of sp³-hybridized carbons (Fsp3) is 0. The maximum absolute atomic E-state index is 13.1. The summed E-state index contributed by atoms with van der Waals surface area (Å²) in [6.45, 7) is 0. The van der Waals surface area contributed by atoms with Gasteiger partial charge in [0, 0.05) is 16.3 Å². The summed E-state index contributed by atoms with van der Waals surface area (Å²) in [5.41, 5.74) is 7.38. The molecule has 0 radical (unpaired) electrons. The van der Waals surface area contributed by atoms with Crippen LogP contribution in [0.3, 0.4) is 0 Å². The first-order chi connectivity index (χ1) is 9.65. The van der Waals surface area contributed by atoms with Crippen LogP contribution in [0.25, 0.3) is 17.1 Å². The lowest BCUT2D eigenvalue weighted by Gasteiger charge is -2.07. The lowest BCUT2D eigenvalue weighted by molar-refractivity contribution is 0.628. The number of aromatic nitrogens is 4. The Morgan fingerprint density at radius 2 is 1.85 bits per heavy atom. The number of anilines is 1. The largest absolute Gasteiger partial charge is 0.398 e. The first-order valence-corrected chi connectivity index (χ1v) is 6.12. The molecule has 0 saturated heterocycles. The number of hydrogen-bond donors (Lipinski definition) is 1. The van der Waals surface area contributed by atoms with Crippen molar-refractivity contribution in [3.8, 4) is 17.1 Å². The van der Waals surface area contributed by atoms with Crippen molar-refractivity contribution in [3.05, 3.63) is 53.3 Å². The van der Waals surface area contributed by atoms with Gasteiger partial charge in [0.2, 0.25) is 0 Å². The molecule has 0 unspecified atom stereocenters. The van der Waals surface area contributed by atoms with Crippen LogP contribution in [0.4, 0.5) is 10.1 Å². The third-order valence-corrected chi connectivity index (χ3v) is 3.05. The molecule has 2 N–H and O–H groups in total. The second-order valence-electron chi connectivity index (χ2n) is 4.12. The molecule has 100 valence electrons. The monoisotopic (exact) mass is 289 g/mol. The Bertz CT molecular complexity index is 754. The zero-order chi connectivity index (χ0) is 14.1.